The van der Waals surface area contributed by atoms with Gasteiger partial charge in [-0.15, -0.1) is 0 Å². The summed E-state index contributed by atoms with van der Waals surface area (Å²) in [7, 11) is 3.04. The third-order valence-electron chi connectivity index (χ3n) is 2.03. The normalized spacial score (nSPS) is 9.73. The van der Waals surface area contributed by atoms with Crippen molar-refractivity contribution in [2.45, 2.75) is 12.8 Å². The van der Waals surface area contributed by atoms with Crippen LogP contribution in [0.2, 0.25) is 0 Å². The predicted molar refractivity (Wildman–Crippen MR) is 56.5 cm³/mol. The maximum Gasteiger partial charge on any atom is 0.243 e. The maximum atomic E-state index is 11.1. The van der Waals surface area contributed by atoms with E-state index in [2.05, 4.69) is 10.3 Å². The maximum absolute atomic E-state index is 11.1. The molecule has 0 aromatic heterocycles. The summed E-state index contributed by atoms with van der Waals surface area (Å²) in [5.74, 6) is 0.672. The fourth-order valence-electron chi connectivity index (χ4n) is 1.32. The number of methoxy groups -OCH3 is 1. The van der Waals surface area contributed by atoms with Gasteiger partial charge >= 0.3 is 0 Å². The zero-order valence-corrected chi connectivity index (χ0v) is 8.95. The average molecular weight is 209 g/mol. The molecule has 4 heteroatoms. The Morgan fingerprint density at radius 2 is 2.07 bits per heavy atom. The third kappa shape index (κ3) is 3.59. The van der Waals surface area contributed by atoms with Crippen LogP contribution in [0.5, 0.6) is 5.75 Å². The number of hydrogen-bond acceptors (Lipinski definition) is 3. The van der Waals surface area contributed by atoms with Crippen LogP contribution in [0.15, 0.2) is 24.3 Å². The lowest BCUT2D eigenvalue weighted by Crippen LogP contribution is -2.21. The van der Waals surface area contributed by atoms with E-state index < -0.39 is 0 Å². The summed E-state index contributed by atoms with van der Waals surface area (Å²) in [6.45, 7) is 0. The molecule has 0 saturated heterocycles. The van der Waals surface area contributed by atoms with E-state index in [0.717, 1.165) is 11.3 Å². The Bertz CT molecular complexity index is 325. The highest BCUT2D eigenvalue weighted by atomic mass is 16.6. The first-order valence-corrected chi connectivity index (χ1v) is 4.71. The molecule has 1 rings (SSSR count). The summed E-state index contributed by atoms with van der Waals surface area (Å²) in [4.78, 5) is 15.7. The second kappa shape index (κ2) is 6.03. The van der Waals surface area contributed by atoms with Gasteiger partial charge in [-0.1, -0.05) is 18.2 Å². The lowest BCUT2D eigenvalue weighted by Gasteiger charge is -2.07. The van der Waals surface area contributed by atoms with Crippen LogP contribution in [-0.4, -0.2) is 20.1 Å². The quantitative estimate of drug-likeness (QED) is 0.744. The number of para-hydroxylation sites is 1. The first kappa shape index (κ1) is 11.5. The van der Waals surface area contributed by atoms with Crippen molar-refractivity contribution in [1.29, 1.82) is 0 Å². The van der Waals surface area contributed by atoms with Crippen molar-refractivity contribution in [1.82, 2.24) is 5.48 Å². The SMILES string of the molecule is CONC(=O)CCc1ccccc1OC. The molecule has 0 aliphatic heterocycles. The van der Waals surface area contributed by atoms with Crippen LogP contribution in [-0.2, 0) is 16.1 Å². The van der Waals surface area contributed by atoms with E-state index in [-0.39, 0.29) is 5.91 Å². The second-order valence-electron chi connectivity index (χ2n) is 3.04. The van der Waals surface area contributed by atoms with Gasteiger partial charge in [0.25, 0.3) is 0 Å². The van der Waals surface area contributed by atoms with Gasteiger partial charge in [0.05, 0.1) is 14.2 Å². The standard InChI is InChI=1S/C11H15NO3/c1-14-10-6-4-3-5-9(10)7-8-11(13)12-15-2/h3-6H,7-8H2,1-2H3,(H,12,13). The van der Waals surface area contributed by atoms with Crippen molar-refractivity contribution >= 4 is 5.91 Å². The van der Waals surface area contributed by atoms with Crippen molar-refractivity contribution in [2.24, 2.45) is 0 Å². The summed E-state index contributed by atoms with van der Waals surface area (Å²) in [6.07, 6.45) is 1.02. The molecule has 0 heterocycles. The average Bonchev–Trinajstić information content (AvgIpc) is 2.27. The Morgan fingerprint density at radius 1 is 1.33 bits per heavy atom. The van der Waals surface area contributed by atoms with Crippen molar-refractivity contribution in [3.63, 3.8) is 0 Å². The zero-order chi connectivity index (χ0) is 11.1. The lowest BCUT2D eigenvalue weighted by molar-refractivity contribution is -0.131. The number of aryl methyl sites for hydroxylation is 1. The lowest BCUT2D eigenvalue weighted by atomic mass is 10.1. The van der Waals surface area contributed by atoms with Gasteiger partial charge in [-0.05, 0) is 18.1 Å². The number of carbonyl (C=O) groups is 1. The molecule has 15 heavy (non-hydrogen) atoms. The van der Waals surface area contributed by atoms with E-state index in [1.54, 1.807) is 7.11 Å². The first-order valence-electron chi connectivity index (χ1n) is 4.71. The molecule has 1 amide bonds. The Morgan fingerprint density at radius 3 is 2.73 bits per heavy atom. The molecule has 0 unspecified atom stereocenters. The van der Waals surface area contributed by atoms with Gasteiger partial charge in [0, 0.05) is 6.42 Å². The number of carbonyl (C=O) groups excluding carboxylic acids is 1. The number of amides is 1. The minimum Gasteiger partial charge on any atom is -0.496 e. The fourth-order valence-corrected chi connectivity index (χ4v) is 1.32. The Balaban J connectivity index is 2.53. The van der Waals surface area contributed by atoms with Crippen LogP contribution in [0.3, 0.4) is 0 Å². The number of ether oxygens (including phenoxy) is 1. The molecule has 0 aliphatic rings. The highest BCUT2D eigenvalue weighted by molar-refractivity contribution is 5.75. The summed E-state index contributed by atoms with van der Waals surface area (Å²) < 4.78 is 5.17. The number of hydrogen-bond donors (Lipinski definition) is 1. The van der Waals surface area contributed by atoms with Gasteiger partial charge in [-0.3, -0.25) is 9.63 Å². The number of nitrogens with one attached hydrogen (secondary N) is 1. The summed E-state index contributed by atoms with van der Waals surface area (Å²) in [5.41, 5.74) is 3.29. The molecule has 82 valence electrons. The Labute approximate surface area is 89.1 Å². The van der Waals surface area contributed by atoms with E-state index in [0.29, 0.717) is 12.8 Å². The molecular formula is C11H15NO3. The van der Waals surface area contributed by atoms with Gasteiger partial charge in [-0.25, -0.2) is 5.48 Å². The first-order chi connectivity index (χ1) is 7.27. The van der Waals surface area contributed by atoms with Gasteiger partial charge in [0.15, 0.2) is 0 Å². The zero-order valence-electron chi connectivity index (χ0n) is 8.95. The van der Waals surface area contributed by atoms with E-state index in [1.165, 1.54) is 7.11 Å². The number of benzene rings is 1. The van der Waals surface area contributed by atoms with Gasteiger partial charge in [0.2, 0.25) is 5.91 Å². The van der Waals surface area contributed by atoms with Crippen LogP contribution in [0.1, 0.15) is 12.0 Å². The van der Waals surface area contributed by atoms with E-state index in [1.807, 2.05) is 24.3 Å². The molecule has 4 nitrogen and oxygen atoms in total. The molecule has 0 aliphatic carbocycles. The molecule has 0 radical (unpaired) electrons. The minimum absolute atomic E-state index is 0.136. The molecule has 0 spiro atoms. The summed E-state index contributed by atoms with van der Waals surface area (Å²) >= 11 is 0. The molecule has 1 N–H and O–H groups in total. The summed E-state index contributed by atoms with van der Waals surface area (Å²) in [5, 5.41) is 0. The molecule has 0 saturated carbocycles. The third-order valence-corrected chi connectivity index (χ3v) is 2.03. The fraction of sp³-hybridized carbons (Fsp3) is 0.364. The molecular weight excluding hydrogens is 194 g/mol. The smallest absolute Gasteiger partial charge is 0.243 e. The van der Waals surface area contributed by atoms with E-state index in [4.69, 9.17) is 4.74 Å². The van der Waals surface area contributed by atoms with Crippen molar-refractivity contribution in [3.05, 3.63) is 29.8 Å². The van der Waals surface area contributed by atoms with Gasteiger partial charge in [-0.2, -0.15) is 0 Å². The molecule has 0 atom stereocenters. The van der Waals surface area contributed by atoms with E-state index in [9.17, 15) is 4.79 Å². The van der Waals surface area contributed by atoms with Crippen LogP contribution in [0.4, 0.5) is 0 Å². The molecule has 1 aromatic rings. The second-order valence-corrected chi connectivity index (χ2v) is 3.04. The molecule has 1 aromatic carbocycles. The Kier molecular flexibility index (Phi) is 4.63. The van der Waals surface area contributed by atoms with Crippen molar-refractivity contribution in [2.75, 3.05) is 14.2 Å². The van der Waals surface area contributed by atoms with Crippen LogP contribution in [0.25, 0.3) is 0 Å². The van der Waals surface area contributed by atoms with Crippen LogP contribution >= 0.6 is 0 Å². The monoisotopic (exact) mass is 209 g/mol. The minimum atomic E-state index is -0.136. The Hall–Kier alpha value is -1.55. The molecule has 0 bridgehead atoms. The number of hydroxylamine groups is 1. The largest absolute Gasteiger partial charge is 0.496 e. The number of rotatable bonds is 5. The predicted octanol–water partition coefficient (Wildman–Crippen LogP) is 1.31. The highest BCUT2D eigenvalue weighted by Crippen LogP contribution is 2.18. The van der Waals surface area contributed by atoms with Crippen molar-refractivity contribution in [3.8, 4) is 5.75 Å². The summed E-state index contributed by atoms with van der Waals surface area (Å²) in [6, 6.07) is 7.64. The van der Waals surface area contributed by atoms with Gasteiger partial charge in [0.1, 0.15) is 5.75 Å². The molecule has 0 fully saturated rings. The van der Waals surface area contributed by atoms with Gasteiger partial charge < -0.3 is 4.74 Å². The van der Waals surface area contributed by atoms with Crippen LogP contribution in [0, 0.1) is 0 Å². The highest BCUT2D eigenvalue weighted by Gasteiger charge is 2.05. The van der Waals surface area contributed by atoms with Crippen molar-refractivity contribution < 1.29 is 14.4 Å². The van der Waals surface area contributed by atoms with Crippen LogP contribution < -0.4 is 10.2 Å². The van der Waals surface area contributed by atoms with E-state index >= 15 is 0 Å². The topological polar surface area (TPSA) is 47.6 Å².